The minimum Gasteiger partial charge on any atom is -0.491 e. The first-order chi connectivity index (χ1) is 15.5. The Kier molecular flexibility index (Phi) is 9.53. The molecule has 6 nitrogen and oxygen atoms in total. The van der Waals surface area contributed by atoms with Crippen LogP contribution in [0.3, 0.4) is 0 Å². The van der Waals surface area contributed by atoms with Crippen molar-refractivity contribution in [2.75, 3.05) is 46.0 Å². The summed E-state index contributed by atoms with van der Waals surface area (Å²) in [5, 5.41) is 12.4. The number of para-hydroxylation sites is 1. The van der Waals surface area contributed by atoms with Crippen LogP contribution < -0.4 is 4.74 Å². The fraction of sp³-hybridized carbons (Fsp3) is 0.560. The SMILES string of the molecule is CCCN(CC(=O)N1CCc2sccc2C1COc1ccccc1C)CC(O)COCC. The third-order valence-electron chi connectivity index (χ3n) is 5.79. The summed E-state index contributed by atoms with van der Waals surface area (Å²) in [6.07, 6.45) is 1.20. The molecule has 0 radical (unpaired) electrons. The van der Waals surface area contributed by atoms with Gasteiger partial charge in [0, 0.05) is 24.6 Å². The minimum absolute atomic E-state index is 0.0808. The molecule has 0 bridgehead atoms. The van der Waals surface area contributed by atoms with Gasteiger partial charge in [0.1, 0.15) is 12.4 Å². The molecule has 1 N–H and O–H groups in total. The lowest BCUT2D eigenvalue weighted by molar-refractivity contribution is -0.136. The van der Waals surface area contributed by atoms with Gasteiger partial charge in [0.25, 0.3) is 0 Å². The zero-order valence-electron chi connectivity index (χ0n) is 19.5. The predicted octanol–water partition coefficient (Wildman–Crippen LogP) is 3.67. The largest absolute Gasteiger partial charge is 0.491 e. The zero-order valence-corrected chi connectivity index (χ0v) is 20.3. The lowest BCUT2D eigenvalue weighted by Crippen LogP contribution is -2.48. The number of nitrogens with zero attached hydrogens (tertiary/aromatic N) is 2. The van der Waals surface area contributed by atoms with E-state index in [1.807, 2.05) is 47.9 Å². The van der Waals surface area contributed by atoms with Crippen LogP contribution in [0.25, 0.3) is 0 Å². The summed E-state index contributed by atoms with van der Waals surface area (Å²) in [5.74, 6) is 0.936. The maximum absolute atomic E-state index is 13.4. The molecule has 1 amide bonds. The maximum atomic E-state index is 13.4. The monoisotopic (exact) mass is 460 g/mol. The first kappa shape index (κ1) is 24.7. The van der Waals surface area contributed by atoms with E-state index in [0.29, 0.717) is 32.9 Å². The van der Waals surface area contributed by atoms with E-state index in [9.17, 15) is 9.90 Å². The molecule has 176 valence electrons. The van der Waals surface area contributed by atoms with Crippen molar-refractivity contribution in [3.8, 4) is 5.75 Å². The van der Waals surface area contributed by atoms with Gasteiger partial charge in [-0.15, -0.1) is 11.3 Å². The summed E-state index contributed by atoms with van der Waals surface area (Å²) in [6, 6.07) is 10.00. The number of ether oxygens (including phenoxy) is 2. The second-order valence-electron chi connectivity index (χ2n) is 8.28. The van der Waals surface area contributed by atoms with Crippen LogP contribution in [0.4, 0.5) is 0 Å². The molecule has 2 unspecified atom stereocenters. The van der Waals surface area contributed by atoms with Gasteiger partial charge in [-0.3, -0.25) is 9.69 Å². The fourth-order valence-electron chi connectivity index (χ4n) is 4.20. The second kappa shape index (κ2) is 12.3. The number of fused-ring (bicyclic) bond motifs is 1. The molecule has 0 aliphatic carbocycles. The molecule has 2 atom stereocenters. The highest BCUT2D eigenvalue weighted by molar-refractivity contribution is 7.10. The molecule has 7 heteroatoms. The van der Waals surface area contributed by atoms with Crippen molar-refractivity contribution < 1.29 is 19.4 Å². The van der Waals surface area contributed by atoms with Gasteiger partial charge in [0.15, 0.2) is 0 Å². The van der Waals surface area contributed by atoms with E-state index in [4.69, 9.17) is 9.47 Å². The Hall–Kier alpha value is -1.93. The lowest BCUT2D eigenvalue weighted by atomic mass is 10.00. The molecule has 1 aromatic carbocycles. The quantitative estimate of drug-likeness (QED) is 0.524. The van der Waals surface area contributed by atoms with Gasteiger partial charge in [0.05, 0.1) is 25.3 Å². The Morgan fingerprint density at radius 2 is 2.12 bits per heavy atom. The molecule has 0 saturated carbocycles. The van der Waals surface area contributed by atoms with Crippen LogP contribution in [0.5, 0.6) is 5.75 Å². The van der Waals surface area contributed by atoms with E-state index in [1.165, 1.54) is 10.4 Å². The molecular formula is C25H36N2O4S. The van der Waals surface area contributed by atoms with Crippen LogP contribution in [0.15, 0.2) is 35.7 Å². The van der Waals surface area contributed by atoms with Gasteiger partial charge in [-0.1, -0.05) is 25.1 Å². The van der Waals surface area contributed by atoms with Gasteiger partial charge in [-0.25, -0.2) is 0 Å². The molecule has 2 heterocycles. The highest BCUT2D eigenvalue weighted by Gasteiger charge is 2.33. The number of benzene rings is 1. The summed E-state index contributed by atoms with van der Waals surface area (Å²) >= 11 is 1.75. The number of carbonyl (C=O) groups excluding carboxylic acids is 1. The summed E-state index contributed by atoms with van der Waals surface area (Å²) in [5.41, 5.74) is 2.28. The summed E-state index contributed by atoms with van der Waals surface area (Å²) < 4.78 is 11.5. The van der Waals surface area contributed by atoms with Gasteiger partial charge < -0.3 is 19.5 Å². The molecule has 0 fully saturated rings. The second-order valence-corrected chi connectivity index (χ2v) is 9.28. The number of carbonyl (C=O) groups is 1. The smallest absolute Gasteiger partial charge is 0.237 e. The minimum atomic E-state index is -0.598. The first-order valence-electron chi connectivity index (χ1n) is 11.6. The molecule has 1 aliphatic rings. The standard InChI is InChI=1S/C25H36N2O4S/c1-4-12-26(15-20(28)17-30-5-2)16-25(29)27-13-10-24-21(11-14-32-24)22(27)18-31-23-9-7-6-8-19(23)3/h6-9,11,14,20,22,28H,4-5,10,12-13,15-18H2,1-3H3. The van der Waals surface area contributed by atoms with E-state index < -0.39 is 6.10 Å². The summed E-state index contributed by atoms with van der Waals surface area (Å²) in [4.78, 5) is 18.8. The third kappa shape index (κ3) is 6.54. The lowest BCUT2D eigenvalue weighted by Gasteiger charge is -2.37. The van der Waals surface area contributed by atoms with Crippen LogP contribution in [0.2, 0.25) is 0 Å². The molecule has 2 aromatic rings. The zero-order chi connectivity index (χ0) is 22.9. The van der Waals surface area contributed by atoms with Crippen molar-refractivity contribution in [2.45, 2.75) is 45.8 Å². The number of aryl methyl sites for hydroxylation is 1. The Labute approximate surface area is 195 Å². The van der Waals surface area contributed by atoms with E-state index in [1.54, 1.807) is 11.3 Å². The number of hydrogen-bond acceptors (Lipinski definition) is 6. The third-order valence-corrected chi connectivity index (χ3v) is 6.78. The molecule has 1 aromatic heterocycles. The van der Waals surface area contributed by atoms with E-state index in [0.717, 1.165) is 30.7 Å². The molecule has 0 saturated heterocycles. The molecular weight excluding hydrogens is 424 g/mol. The van der Waals surface area contributed by atoms with E-state index in [2.05, 4.69) is 18.4 Å². The topological polar surface area (TPSA) is 62.2 Å². The number of rotatable bonds is 12. The number of amides is 1. The van der Waals surface area contributed by atoms with Gasteiger partial charge in [-0.2, -0.15) is 0 Å². The Bertz CT molecular complexity index is 856. The number of aliphatic hydroxyl groups is 1. The Morgan fingerprint density at radius 1 is 1.31 bits per heavy atom. The van der Waals surface area contributed by atoms with Crippen LogP contribution in [-0.2, 0) is 16.0 Å². The van der Waals surface area contributed by atoms with Crippen LogP contribution >= 0.6 is 11.3 Å². The van der Waals surface area contributed by atoms with Crippen LogP contribution in [0.1, 0.15) is 42.3 Å². The van der Waals surface area contributed by atoms with Gasteiger partial charge in [0.2, 0.25) is 5.91 Å². The van der Waals surface area contributed by atoms with Gasteiger partial charge in [-0.05, 0) is 61.9 Å². The number of thiophene rings is 1. The highest BCUT2D eigenvalue weighted by atomic mass is 32.1. The fourth-order valence-corrected chi connectivity index (χ4v) is 5.13. The maximum Gasteiger partial charge on any atom is 0.237 e. The van der Waals surface area contributed by atoms with Crippen molar-refractivity contribution in [1.82, 2.24) is 9.80 Å². The van der Waals surface area contributed by atoms with Crippen LogP contribution in [0, 0.1) is 6.92 Å². The molecule has 0 spiro atoms. The predicted molar refractivity (Wildman–Crippen MR) is 128 cm³/mol. The van der Waals surface area contributed by atoms with Crippen molar-refractivity contribution >= 4 is 17.2 Å². The van der Waals surface area contributed by atoms with Crippen molar-refractivity contribution in [2.24, 2.45) is 0 Å². The summed E-state index contributed by atoms with van der Waals surface area (Å²) in [6.45, 7) is 9.50. The summed E-state index contributed by atoms with van der Waals surface area (Å²) in [7, 11) is 0. The van der Waals surface area contributed by atoms with E-state index in [-0.39, 0.29) is 18.5 Å². The molecule has 32 heavy (non-hydrogen) atoms. The van der Waals surface area contributed by atoms with E-state index >= 15 is 0 Å². The Balaban J connectivity index is 1.70. The van der Waals surface area contributed by atoms with Gasteiger partial charge >= 0.3 is 0 Å². The molecule has 3 rings (SSSR count). The van der Waals surface area contributed by atoms with Crippen LogP contribution in [-0.4, -0.2) is 72.9 Å². The molecule has 1 aliphatic heterocycles. The normalized spacial score (nSPS) is 16.8. The average molecular weight is 461 g/mol. The highest BCUT2D eigenvalue weighted by Crippen LogP contribution is 2.34. The van der Waals surface area contributed by atoms with Crippen molar-refractivity contribution in [1.29, 1.82) is 0 Å². The number of aliphatic hydroxyl groups excluding tert-OH is 1. The Morgan fingerprint density at radius 3 is 2.88 bits per heavy atom. The average Bonchev–Trinajstić information content (AvgIpc) is 3.26. The van der Waals surface area contributed by atoms with Crippen molar-refractivity contribution in [3.05, 3.63) is 51.7 Å². The first-order valence-corrected chi connectivity index (χ1v) is 12.4. The number of hydrogen-bond donors (Lipinski definition) is 1. The van der Waals surface area contributed by atoms with Crippen molar-refractivity contribution in [3.63, 3.8) is 0 Å².